The van der Waals surface area contributed by atoms with Crippen molar-refractivity contribution in [3.05, 3.63) is 76.1 Å². The van der Waals surface area contributed by atoms with Crippen molar-refractivity contribution in [2.75, 3.05) is 13.7 Å². The summed E-state index contributed by atoms with van der Waals surface area (Å²) < 4.78 is 10.5. The molecular weight excluding hydrogens is 336 g/mol. The lowest BCUT2D eigenvalue weighted by atomic mass is 10.1. The van der Waals surface area contributed by atoms with Gasteiger partial charge in [-0.25, -0.2) is 9.78 Å². The molecule has 0 aliphatic carbocycles. The summed E-state index contributed by atoms with van der Waals surface area (Å²) >= 11 is 0. The third kappa shape index (κ3) is 3.61. The molecule has 0 unspecified atom stereocenters. The molecule has 0 bridgehead atoms. The largest absolute Gasteiger partial charge is 0.493 e. The van der Waals surface area contributed by atoms with Crippen molar-refractivity contribution in [1.29, 1.82) is 0 Å². The minimum absolute atomic E-state index is 0.0461. The van der Waals surface area contributed by atoms with Crippen LogP contribution in [-0.2, 0) is 11.2 Å². The molecule has 3 aromatic rings. The Kier molecular flexibility index (Phi) is 5.07. The molecule has 3 rings (SSSR count). The first-order chi connectivity index (χ1) is 12.6. The lowest BCUT2D eigenvalue weighted by molar-refractivity contribution is -0.383. The van der Waals surface area contributed by atoms with Crippen LogP contribution in [-0.4, -0.2) is 29.6 Å². The van der Waals surface area contributed by atoms with Gasteiger partial charge in [0, 0.05) is 24.1 Å². The van der Waals surface area contributed by atoms with Crippen LogP contribution in [0.5, 0.6) is 5.75 Å². The fourth-order valence-electron chi connectivity index (χ4n) is 2.67. The van der Waals surface area contributed by atoms with E-state index in [1.54, 1.807) is 42.6 Å². The van der Waals surface area contributed by atoms with E-state index in [0.29, 0.717) is 29.5 Å². The van der Waals surface area contributed by atoms with Crippen LogP contribution in [0.4, 0.5) is 5.69 Å². The molecule has 1 aromatic heterocycles. The van der Waals surface area contributed by atoms with Gasteiger partial charge in [-0.15, -0.1) is 0 Å². The van der Waals surface area contributed by atoms with Gasteiger partial charge in [0.1, 0.15) is 11.4 Å². The number of fused-ring (bicyclic) bond motifs is 1. The van der Waals surface area contributed by atoms with Crippen LogP contribution in [0.2, 0.25) is 0 Å². The normalized spacial score (nSPS) is 10.5. The zero-order chi connectivity index (χ0) is 18.5. The summed E-state index contributed by atoms with van der Waals surface area (Å²) in [6.07, 6.45) is 2.10. The van der Waals surface area contributed by atoms with Gasteiger partial charge in [-0.05, 0) is 29.8 Å². The number of ether oxygens (including phenoxy) is 2. The Labute approximate surface area is 149 Å². The van der Waals surface area contributed by atoms with E-state index in [1.807, 2.05) is 6.07 Å². The highest BCUT2D eigenvalue weighted by Crippen LogP contribution is 2.32. The van der Waals surface area contributed by atoms with Crippen LogP contribution in [0.15, 0.2) is 54.7 Å². The minimum atomic E-state index is -0.492. The molecule has 7 heteroatoms. The van der Waals surface area contributed by atoms with Crippen LogP contribution in [0.3, 0.4) is 0 Å². The number of nitro groups is 1. The van der Waals surface area contributed by atoms with Crippen molar-refractivity contribution in [2.45, 2.75) is 6.42 Å². The summed E-state index contributed by atoms with van der Waals surface area (Å²) in [5, 5.41) is 12.4. The zero-order valence-corrected chi connectivity index (χ0v) is 14.0. The molecule has 0 spiro atoms. The number of aromatic nitrogens is 1. The predicted octanol–water partition coefficient (Wildman–Crippen LogP) is 3.55. The number of methoxy groups -OCH3 is 1. The molecule has 0 aliphatic heterocycles. The highest BCUT2D eigenvalue weighted by atomic mass is 16.6. The lowest BCUT2D eigenvalue weighted by Gasteiger charge is -2.10. The van der Waals surface area contributed by atoms with E-state index >= 15 is 0 Å². The van der Waals surface area contributed by atoms with Gasteiger partial charge in [0.25, 0.3) is 5.69 Å². The summed E-state index contributed by atoms with van der Waals surface area (Å²) in [6, 6.07) is 13.6. The van der Waals surface area contributed by atoms with E-state index in [-0.39, 0.29) is 11.4 Å². The maximum absolute atomic E-state index is 11.5. The summed E-state index contributed by atoms with van der Waals surface area (Å²) in [5.74, 6) is 0.0857. The molecule has 2 aromatic carbocycles. The first-order valence-corrected chi connectivity index (χ1v) is 7.92. The Bertz CT molecular complexity index is 971. The molecule has 26 heavy (non-hydrogen) atoms. The topological polar surface area (TPSA) is 91.6 Å². The SMILES string of the molecule is COC(=O)c1cc(CCOc2ccc([N+](=O)[O-])c3ccccc23)ccn1. The second-order valence-corrected chi connectivity index (χ2v) is 5.52. The van der Waals surface area contributed by atoms with Gasteiger partial charge in [0.15, 0.2) is 0 Å². The van der Waals surface area contributed by atoms with Crippen molar-refractivity contribution in [1.82, 2.24) is 4.98 Å². The molecule has 0 atom stereocenters. The number of benzene rings is 2. The molecule has 7 nitrogen and oxygen atoms in total. The standard InChI is InChI=1S/C19H16N2O5/c1-25-19(22)16-12-13(8-10-20-16)9-11-26-18-7-6-17(21(23)24)14-4-2-3-5-15(14)18/h2-8,10,12H,9,11H2,1H3. The van der Waals surface area contributed by atoms with E-state index < -0.39 is 10.9 Å². The summed E-state index contributed by atoms with van der Waals surface area (Å²) in [7, 11) is 1.31. The van der Waals surface area contributed by atoms with Gasteiger partial charge in [-0.3, -0.25) is 10.1 Å². The minimum Gasteiger partial charge on any atom is -0.493 e. The van der Waals surface area contributed by atoms with Crippen molar-refractivity contribution < 1.29 is 19.2 Å². The van der Waals surface area contributed by atoms with Gasteiger partial charge < -0.3 is 9.47 Å². The number of pyridine rings is 1. The van der Waals surface area contributed by atoms with E-state index in [9.17, 15) is 14.9 Å². The highest BCUT2D eigenvalue weighted by molar-refractivity contribution is 5.95. The van der Waals surface area contributed by atoms with Crippen molar-refractivity contribution in [3.63, 3.8) is 0 Å². The monoisotopic (exact) mass is 352 g/mol. The predicted molar refractivity (Wildman–Crippen MR) is 95.4 cm³/mol. The molecule has 0 amide bonds. The first kappa shape index (κ1) is 17.3. The maximum atomic E-state index is 11.5. The maximum Gasteiger partial charge on any atom is 0.356 e. The quantitative estimate of drug-likeness (QED) is 0.383. The Morgan fingerprint density at radius 3 is 2.65 bits per heavy atom. The fourth-order valence-corrected chi connectivity index (χ4v) is 2.67. The molecule has 0 saturated heterocycles. The van der Waals surface area contributed by atoms with Crippen molar-refractivity contribution in [2.24, 2.45) is 0 Å². The molecule has 0 fully saturated rings. The summed E-state index contributed by atoms with van der Waals surface area (Å²) in [6.45, 7) is 0.354. The van der Waals surface area contributed by atoms with Crippen LogP contribution in [0.1, 0.15) is 16.1 Å². The molecule has 132 valence electrons. The zero-order valence-electron chi connectivity index (χ0n) is 14.0. The first-order valence-electron chi connectivity index (χ1n) is 7.92. The second kappa shape index (κ2) is 7.60. The molecule has 1 heterocycles. The Hall–Kier alpha value is -3.48. The lowest BCUT2D eigenvalue weighted by Crippen LogP contribution is -2.07. The third-order valence-electron chi connectivity index (χ3n) is 3.92. The average molecular weight is 352 g/mol. The Morgan fingerprint density at radius 2 is 1.92 bits per heavy atom. The van der Waals surface area contributed by atoms with Gasteiger partial charge in [0.05, 0.1) is 24.0 Å². The number of non-ortho nitro benzene ring substituents is 1. The molecule has 0 radical (unpaired) electrons. The smallest absolute Gasteiger partial charge is 0.356 e. The highest BCUT2D eigenvalue weighted by Gasteiger charge is 2.14. The van der Waals surface area contributed by atoms with Gasteiger partial charge in [0.2, 0.25) is 0 Å². The molecule has 0 N–H and O–H groups in total. The number of nitrogens with zero attached hydrogens (tertiary/aromatic N) is 2. The van der Waals surface area contributed by atoms with E-state index in [2.05, 4.69) is 9.72 Å². The van der Waals surface area contributed by atoms with Gasteiger partial charge in [-0.2, -0.15) is 0 Å². The Morgan fingerprint density at radius 1 is 1.15 bits per heavy atom. The van der Waals surface area contributed by atoms with Gasteiger partial charge in [-0.1, -0.05) is 18.2 Å². The van der Waals surface area contributed by atoms with E-state index in [1.165, 1.54) is 13.2 Å². The summed E-state index contributed by atoms with van der Waals surface area (Å²) in [4.78, 5) is 26.2. The third-order valence-corrected chi connectivity index (χ3v) is 3.92. The number of esters is 1. The van der Waals surface area contributed by atoms with Gasteiger partial charge >= 0.3 is 5.97 Å². The Balaban J connectivity index is 1.76. The number of carbonyl (C=O) groups excluding carboxylic acids is 1. The van der Waals surface area contributed by atoms with Crippen LogP contribution in [0, 0.1) is 10.1 Å². The van der Waals surface area contributed by atoms with E-state index in [0.717, 1.165) is 5.56 Å². The fraction of sp³-hybridized carbons (Fsp3) is 0.158. The average Bonchev–Trinajstić information content (AvgIpc) is 2.67. The summed E-state index contributed by atoms with van der Waals surface area (Å²) in [5.41, 5.74) is 1.17. The van der Waals surface area contributed by atoms with Crippen molar-refractivity contribution >= 4 is 22.4 Å². The number of hydrogen-bond acceptors (Lipinski definition) is 6. The molecule has 0 aliphatic rings. The van der Waals surface area contributed by atoms with Crippen LogP contribution >= 0.6 is 0 Å². The molecular formula is C19H16N2O5. The number of carbonyl (C=O) groups is 1. The van der Waals surface area contributed by atoms with Crippen molar-refractivity contribution in [3.8, 4) is 5.75 Å². The number of nitro benzene ring substituents is 1. The number of hydrogen-bond donors (Lipinski definition) is 0. The second-order valence-electron chi connectivity index (χ2n) is 5.52. The number of rotatable bonds is 6. The van der Waals surface area contributed by atoms with E-state index in [4.69, 9.17) is 4.74 Å². The van der Waals surface area contributed by atoms with Crippen LogP contribution in [0.25, 0.3) is 10.8 Å². The molecule has 0 saturated carbocycles. The van der Waals surface area contributed by atoms with Crippen LogP contribution < -0.4 is 4.74 Å².